The molecule has 0 spiro atoms. The summed E-state index contributed by atoms with van der Waals surface area (Å²) in [4.78, 5) is 11.1. The molecule has 1 unspecified atom stereocenters. The Balaban J connectivity index is 2.56. The van der Waals surface area contributed by atoms with Gasteiger partial charge < -0.3 is 15.2 Å². The van der Waals surface area contributed by atoms with E-state index in [-0.39, 0.29) is 23.8 Å². The predicted octanol–water partition coefficient (Wildman–Crippen LogP) is 2.25. The van der Waals surface area contributed by atoms with E-state index in [1.165, 1.54) is 12.7 Å². The van der Waals surface area contributed by atoms with E-state index in [1.54, 1.807) is 0 Å². The number of rotatable bonds is 5. The molecule has 0 aliphatic heterocycles. The van der Waals surface area contributed by atoms with Crippen LogP contribution in [0.3, 0.4) is 0 Å². The highest BCUT2D eigenvalue weighted by Crippen LogP contribution is 2.25. The van der Waals surface area contributed by atoms with Gasteiger partial charge in [0.25, 0.3) is 0 Å². The minimum atomic E-state index is -0.356. The van der Waals surface area contributed by atoms with Gasteiger partial charge in [0.2, 0.25) is 0 Å². The summed E-state index contributed by atoms with van der Waals surface area (Å²) in [6.07, 6.45) is 0.162. The van der Waals surface area contributed by atoms with Gasteiger partial charge in [-0.3, -0.25) is 4.79 Å². The van der Waals surface area contributed by atoms with Gasteiger partial charge >= 0.3 is 5.97 Å². The van der Waals surface area contributed by atoms with Gasteiger partial charge in [-0.25, -0.2) is 0 Å². The highest BCUT2D eigenvalue weighted by atomic mass is 16.5. The Hall–Kier alpha value is -1.55. The second kappa shape index (κ2) is 6.57. The van der Waals surface area contributed by atoms with Crippen LogP contribution in [0.1, 0.15) is 32.8 Å². The van der Waals surface area contributed by atoms with Gasteiger partial charge in [-0.15, -0.1) is 0 Å². The van der Waals surface area contributed by atoms with Crippen molar-refractivity contribution in [2.24, 2.45) is 5.73 Å². The Labute approximate surface area is 114 Å². The first-order chi connectivity index (χ1) is 8.82. The molecule has 0 amide bonds. The van der Waals surface area contributed by atoms with E-state index in [1.807, 2.05) is 18.2 Å². The maximum absolute atomic E-state index is 11.1. The minimum absolute atomic E-state index is 0.0769. The second-order valence-corrected chi connectivity index (χ2v) is 5.63. The van der Waals surface area contributed by atoms with Crippen molar-refractivity contribution in [1.82, 2.24) is 0 Å². The standard InChI is InChI=1S/C15H23NO3/c1-15(2,3)11-6-5-7-13(8-11)19-10-12(16)9-14(17)18-4/h5-8,12H,9-10,16H2,1-4H3. The van der Waals surface area contributed by atoms with Crippen molar-refractivity contribution in [3.05, 3.63) is 29.8 Å². The van der Waals surface area contributed by atoms with E-state index in [0.717, 1.165) is 5.75 Å². The van der Waals surface area contributed by atoms with E-state index in [4.69, 9.17) is 10.5 Å². The third-order valence-corrected chi connectivity index (χ3v) is 2.82. The quantitative estimate of drug-likeness (QED) is 0.829. The molecule has 4 heteroatoms. The number of carbonyl (C=O) groups is 1. The Morgan fingerprint density at radius 1 is 1.37 bits per heavy atom. The lowest BCUT2D eigenvalue weighted by Crippen LogP contribution is -2.31. The summed E-state index contributed by atoms with van der Waals surface area (Å²) >= 11 is 0. The lowest BCUT2D eigenvalue weighted by molar-refractivity contribution is -0.141. The van der Waals surface area contributed by atoms with Crippen molar-refractivity contribution in [2.75, 3.05) is 13.7 Å². The summed E-state index contributed by atoms with van der Waals surface area (Å²) in [6, 6.07) is 7.57. The lowest BCUT2D eigenvalue weighted by Gasteiger charge is -2.20. The van der Waals surface area contributed by atoms with Crippen LogP contribution in [0.25, 0.3) is 0 Å². The molecule has 0 saturated carbocycles. The predicted molar refractivity (Wildman–Crippen MR) is 75.2 cm³/mol. The number of ether oxygens (including phenoxy) is 2. The van der Waals surface area contributed by atoms with Crippen LogP contribution in [-0.2, 0) is 14.9 Å². The molecule has 0 bridgehead atoms. The van der Waals surface area contributed by atoms with Gasteiger partial charge in [0.05, 0.1) is 13.5 Å². The largest absolute Gasteiger partial charge is 0.492 e. The Morgan fingerprint density at radius 3 is 2.63 bits per heavy atom. The SMILES string of the molecule is COC(=O)CC(N)COc1cccc(C(C)(C)C)c1. The average molecular weight is 265 g/mol. The van der Waals surface area contributed by atoms with Crippen molar-refractivity contribution in [2.45, 2.75) is 38.6 Å². The summed E-state index contributed by atoms with van der Waals surface area (Å²) in [5.41, 5.74) is 7.07. The third-order valence-electron chi connectivity index (χ3n) is 2.82. The normalized spacial score (nSPS) is 12.9. The average Bonchev–Trinajstić information content (AvgIpc) is 2.35. The highest BCUT2D eigenvalue weighted by Gasteiger charge is 2.15. The van der Waals surface area contributed by atoms with Gasteiger partial charge in [0, 0.05) is 6.04 Å². The number of hydrogen-bond donors (Lipinski definition) is 1. The van der Waals surface area contributed by atoms with E-state index < -0.39 is 0 Å². The van der Waals surface area contributed by atoms with Crippen LogP contribution in [0.2, 0.25) is 0 Å². The van der Waals surface area contributed by atoms with Gasteiger partial charge in [-0.05, 0) is 23.1 Å². The van der Waals surface area contributed by atoms with Gasteiger partial charge in [-0.1, -0.05) is 32.9 Å². The maximum atomic E-state index is 11.1. The molecule has 0 aromatic heterocycles. The van der Waals surface area contributed by atoms with Crippen LogP contribution in [-0.4, -0.2) is 25.7 Å². The van der Waals surface area contributed by atoms with Crippen molar-refractivity contribution >= 4 is 5.97 Å². The number of esters is 1. The van der Waals surface area contributed by atoms with Crippen molar-refractivity contribution in [3.63, 3.8) is 0 Å². The third kappa shape index (κ3) is 5.30. The molecular weight excluding hydrogens is 242 g/mol. The number of benzene rings is 1. The number of methoxy groups -OCH3 is 1. The molecule has 2 N–H and O–H groups in total. The highest BCUT2D eigenvalue weighted by molar-refractivity contribution is 5.69. The number of carbonyl (C=O) groups excluding carboxylic acids is 1. The lowest BCUT2D eigenvalue weighted by atomic mass is 9.87. The van der Waals surface area contributed by atoms with Crippen molar-refractivity contribution in [1.29, 1.82) is 0 Å². The zero-order chi connectivity index (χ0) is 14.5. The maximum Gasteiger partial charge on any atom is 0.307 e. The summed E-state index contributed by atoms with van der Waals surface area (Å²) in [6.45, 7) is 6.74. The van der Waals surface area contributed by atoms with Crippen LogP contribution in [0.5, 0.6) is 5.75 Å². The van der Waals surface area contributed by atoms with Gasteiger partial charge in [0.15, 0.2) is 0 Å². The van der Waals surface area contributed by atoms with Crippen molar-refractivity contribution < 1.29 is 14.3 Å². The molecule has 0 heterocycles. The topological polar surface area (TPSA) is 61.5 Å². The Morgan fingerprint density at radius 2 is 2.05 bits per heavy atom. The molecular formula is C15H23NO3. The summed E-state index contributed by atoms with van der Waals surface area (Å²) in [5.74, 6) is 0.451. The molecule has 1 aromatic carbocycles. The van der Waals surface area contributed by atoms with Crippen molar-refractivity contribution in [3.8, 4) is 5.75 Å². The molecule has 19 heavy (non-hydrogen) atoms. The molecule has 1 aromatic rings. The summed E-state index contributed by atoms with van der Waals surface area (Å²) < 4.78 is 10.2. The molecule has 0 aliphatic carbocycles. The van der Waals surface area contributed by atoms with Crippen LogP contribution >= 0.6 is 0 Å². The Bertz CT molecular complexity index is 424. The molecule has 0 radical (unpaired) electrons. The van der Waals surface area contributed by atoms with E-state index in [0.29, 0.717) is 6.61 Å². The van der Waals surface area contributed by atoms with Crippen LogP contribution < -0.4 is 10.5 Å². The first-order valence-electron chi connectivity index (χ1n) is 6.38. The van der Waals surface area contributed by atoms with Gasteiger partial charge in [0.1, 0.15) is 12.4 Å². The first-order valence-corrected chi connectivity index (χ1v) is 6.38. The fourth-order valence-corrected chi connectivity index (χ4v) is 1.61. The number of hydrogen-bond acceptors (Lipinski definition) is 4. The first kappa shape index (κ1) is 15.5. The van der Waals surface area contributed by atoms with E-state index >= 15 is 0 Å². The molecule has 0 fully saturated rings. The van der Waals surface area contributed by atoms with E-state index in [2.05, 4.69) is 31.6 Å². The smallest absolute Gasteiger partial charge is 0.307 e. The summed E-state index contributed by atoms with van der Waals surface area (Å²) in [7, 11) is 1.35. The molecule has 1 rings (SSSR count). The van der Waals surface area contributed by atoms with E-state index in [9.17, 15) is 4.79 Å². The second-order valence-electron chi connectivity index (χ2n) is 5.63. The van der Waals surface area contributed by atoms with Crippen LogP contribution in [0.4, 0.5) is 0 Å². The molecule has 106 valence electrons. The Kier molecular flexibility index (Phi) is 5.36. The molecule has 0 aliphatic rings. The summed E-state index contributed by atoms with van der Waals surface area (Å²) in [5, 5.41) is 0. The molecule has 1 atom stereocenters. The fourth-order valence-electron chi connectivity index (χ4n) is 1.61. The minimum Gasteiger partial charge on any atom is -0.492 e. The number of nitrogens with two attached hydrogens (primary N) is 1. The fraction of sp³-hybridized carbons (Fsp3) is 0.533. The molecule has 4 nitrogen and oxygen atoms in total. The monoisotopic (exact) mass is 265 g/mol. The van der Waals surface area contributed by atoms with Crippen LogP contribution in [0.15, 0.2) is 24.3 Å². The molecule has 0 saturated heterocycles. The zero-order valence-corrected chi connectivity index (χ0v) is 12.1. The van der Waals surface area contributed by atoms with Crippen LogP contribution in [0, 0.1) is 0 Å². The van der Waals surface area contributed by atoms with Gasteiger partial charge in [-0.2, -0.15) is 0 Å². The zero-order valence-electron chi connectivity index (χ0n) is 12.1.